The number of ether oxygens (including phenoxy) is 1. The Morgan fingerprint density at radius 1 is 1.58 bits per heavy atom. The van der Waals surface area contributed by atoms with Crippen LogP contribution in [0.5, 0.6) is 5.75 Å². The molecule has 2 bridgehead atoms. The molecule has 102 valence electrons. The van der Waals surface area contributed by atoms with Crippen molar-refractivity contribution in [2.45, 2.75) is 25.4 Å². The minimum absolute atomic E-state index is 0.0784. The van der Waals surface area contributed by atoms with Gasteiger partial charge in [-0.1, -0.05) is 0 Å². The normalized spacial score (nSPS) is 24.8. The van der Waals surface area contributed by atoms with Gasteiger partial charge in [-0.2, -0.15) is 0 Å². The molecule has 0 aromatic heterocycles. The van der Waals surface area contributed by atoms with Crippen LogP contribution in [0.1, 0.15) is 13.3 Å². The predicted molar refractivity (Wildman–Crippen MR) is 71.8 cm³/mol. The number of hydrogen-bond acceptors (Lipinski definition) is 5. The Morgan fingerprint density at radius 2 is 2.42 bits per heavy atom. The Hall–Kier alpha value is -1.82. The molecule has 3 rings (SSSR count). The van der Waals surface area contributed by atoms with Gasteiger partial charge in [-0.3, -0.25) is 10.1 Å². The molecule has 0 amide bonds. The number of nitrogens with zero attached hydrogens (tertiary/aromatic N) is 2. The third kappa shape index (κ3) is 2.12. The Balaban J connectivity index is 1.93. The van der Waals surface area contributed by atoms with Crippen molar-refractivity contribution in [3.05, 3.63) is 28.3 Å². The second kappa shape index (κ2) is 4.70. The van der Waals surface area contributed by atoms with E-state index in [9.17, 15) is 10.1 Å². The van der Waals surface area contributed by atoms with E-state index >= 15 is 0 Å². The van der Waals surface area contributed by atoms with Crippen molar-refractivity contribution in [3.63, 3.8) is 0 Å². The van der Waals surface area contributed by atoms with Gasteiger partial charge < -0.3 is 15.0 Å². The minimum Gasteiger partial charge on any atom is -0.491 e. The molecule has 1 N–H and O–H groups in total. The number of fused-ring (bicyclic) bond motifs is 2. The summed E-state index contributed by atoms with van der Waals surface area (Å²) in [6, 6.07) is 5.90. The van der Waals surface area contributed by atoms with E-state index in [1.165, 1.54) is 6.07 Å². The number of benzene rings is 1. The summed E-state index contributed by atoms with van der Waals surface area (Å²) in [6.07, 6.45) is 1.14. The summed E-state index contributed by atoms with van der Waals surface area (Å²) < 4.78 is 5.58. The highest BCUT2D eigenvalue weighted by molar-refractivity contribution is 5.64. The zero-order valence-corrected chi connectivity index (χ0v) is 10.8. The van der Waals surface area contributed by atoms with Gasteiger partial charge in [0.15, 0.2) is 0 Å². The average molecular weight is 263 g/mol. The third-order valence-corrected chi connectivity index (χ3v) is 3.82. The zero-order valence-electron chi connectivity index (χ0n) is 10.8. The Bertz CT molecular complexity index is 506. The molecule has 2 heterocycles. The van der Waals surface area contributed by atoms with E-state index in [-0.39, 0.29) is 10.6 Å². The quantitative estimate of drug-likeness (QED) is 0.659. The number of non-ortho nitro benzene ring substituents is 1. The molecule has 0 radical (unpaired) electrons. The first-order chi connectivity index (χ1) is 9.19. The molecule has 6 nitrogen and oxygen atoms in total. The molecule has 2 saturated heterocycles. The van der Waals surface area contributed by atoms with Gasteiger partial charge in [0.1, 0.15) is 5.75 Å². The van der Waals surface area contributed by atoms with E-state index in [1.807, 2.05) is 13.0 Å². The zero-order chi connectivity index (χ0) is 13.4. The molecular formula is C13H17N3O3. The standard InChI is InChI=1S/C13H17N3O3/c1-2-19-13-6-10(16(17)18)3-4-12(13)15-8-9-5-11(15)7-14-9/h3-4,6,9,11,14H,2,5,7-8H2,1H3. The van der Waals surface area contributed by atoms with Gasteiger partial charge in [-0.25, -0.2) is 0 Å². The second-order valence-corrected chi connectivity index (χ2v) is 4.99. The van der Waals surface area contributed by atoms with Crippen LogP contribution in [0, 0.1) is 10.1 Å². The van der Waals surface area contributed by atoms with Crippen LogP contribution in [0.15, 0.2) is 18.2 Å². The van der Waals surface area contributed by atoms with Crippen LogP contribution in [0.25, 0.3) is 0 Å². The number of nitro benzene ring substituents is 1. The minimum atomic E-state index is -0.385. The van der Waals surface area contributed by atoms with Crippen molar-refractivity contribution in [2.24, 2.45) is 0 Å². The molecule has 2 aliphatic heterocycles. The smallest absolute Gasteiger partial charge is 0.273 e. The summed E-state index contributed by atoms with van der Waals surface area (Å²) in [4.78, 5) is 12.8. The number of rotatable bonds is 4. The Labute approximate surface area is 111 Å². The van der Waals surface area contributed by atoms with Crippen LogP contribution < -0.4 is 15.0 Å². The maximum absolute atomic E-state index is 10.8. The first-order valence-electron chi connectivity index (χ1n) is 6.60. The molecular weight excluding hydrogens is 246 g/mol. The number of piperazine rings is 1. The summed E-state index contributed by atoms with van der Waals surface area (Å²) in [5.74, 6) is 0.615. The lowest BCUT2D eigenvalue weighted by atomic mass is 10.2. The van der Waals surface area contributed by atoms with Gasteiger partial charge in [0.05, 0.1) is 23.3 Å². The SMILES string of the molecule is CCOc1cc([N+](=O)[O-])ccc1N1CC2CC1CN2. The Morgan fingerprint density at radius 3 is 3.00 bits per heavy atom. The molecule has 19 heavy (non-hydrogen) atoms. The molecule has 6 heteroatoms. The molecule has 2 unspecified atom stereocenters. The molecule has 2 aliphatic rings. The number of nitro groups is 1. The summed E-state index contributed by atoms with van der Waals surface area (Å²) in [5.41, 5.74) is 1.05. The fourth-order valence-electron chi connectivity index (χ4n) is 2.98. The van der Waals surface area contributed by atoms with Crippen molar-refractivity contribution in [3.8, 4) is 5.75 Å². The van der Waals surface area contributed by atoms with E-state index in [1.54, 1.807) is 6.07 Å². The van der Waals surface area contributed by atoms with Crippen LogP contribution >= 0.6 is 0 Å². The molecule has 1 aromatic carbocycles. The molecule has 0 aliphatic carbocycles. The van der Waals surface area contributed by atoms with Crippen LogP contribution in [0.4, 0.5) is 11.4 Å². The van der Waals surface area contributed by atoms with Crippen LogP contribution in [0.2, 0.25) is 0 Å². The van der Waals surface area contributed by atoms with Crippen LogP contribution in [-0.2, 0) is 0 Å². The van der Waals surface area contributed by atoms with Crippen molar-refractivity contribution in [1.82, 2.24) is 5.32 Å². The van der Waals surface area contributed by atoms with E-state index in [2.05, 4.69) is 10.2 Å². The molecule has 1 aromatic rings. The van der Waals surface area contributed by atoms with Crippen molar-refractivity contribution in [2.75, 3.05) is 24.6 Å². The van der Waals surface area contributed by atoms with Crippen molar-refractivity contribution in [1.29, 1.82) is 0 Å². The van der Waals surface area contributed by atoms with Crippen LogP contribution in [0.3, 0.4) is 0 Å². The van der Waals surface area contributed by atoms with Gasteiger partial charge in [-0.05, 0) is 19.4 Å². The number of anilines is 1. The van der Waals surface area contributed by atoms with Gasteiger partial charge in [0.25, 0.3) is 5.69 Å². The van der Waals surface area contributed by atoms with E-state index < -0.39 is 0 Å². The van der Waals surface area contributed by atoms with E-state index in [0.29, 0.717) is 24.4 Å². The van der Waals surface area contributed by atoms with E-state index in [4.69, 9.17) is 4.74 Å². The first kappa shape index (κ1) is 12.2. The number of nitrogens with one attached hydrogen (secondary N) is 1. The molecule has 0 spiro atoms. The fourth-order valence-corrected chi connectivity index (χ4v) is 2.98. The third-order valence-electron chi connectivity index (χ3n) is 3.82. The van der Waals surface area contributed by atoms with Gasteiger partial charge in [0.2, 0.25) is 0 Å². The highest BCUT2D eigenvalue weighted by atomic mass is 16.6. The lowest BCUT2D eigenvalue weighted by molar-refractivity contribution is -0.384. The predicted octanol–water partition coefficient (Wildman–Crippen LogP) is 1.54. The monoisotopic (exact) mass is 263 g/mol. The van der Waals surface area contributed by atoms with E-state index in [0.717, 1.165) is 25.2 Å². The van der Waals surface area contributed by atoms with Crippen molar-refractivity contribution >= 4 is 11.4 Å². The maximum atomic E-state index is 10.8. The van der Waals surface area contributed by atoms with Gasteiger partial charge >= 0.3 is 0 Å². The topological polar surface area (TPSA) is 67.6 Å². The summed E-state index contributed by atoms with van der Waals surface area (Å²) >= 11 is 0. The van der Waals surface area contributed by atoms with Crippen molar-refractivity contribution < 1.29 is 9.66 Å². The first-order valence-corrected chi connectivity index (χ1v) is 6.60. The second-order valence-electron chi connectivity index (χ2n) is 4.99. The molecule has 2 fully saturated rings. The Kier molecular flexibility index (Phi) is 3.02. The fraction of sp³-hybridized carbons (Fsp3) is 0.538. The largest absolute Gasteiger partial charge is 0.491 e. The highest BCUT2D eigenvalue weighted by Gasteiger charge is 2.38. The van der Waals surface area contributed by atoms with Gasteiger partial charge in [-0.15, -0.1) is 0 Å². The van der Waals surface area contributed by atoms with Gasteiger partial charge in [0, 0.05) is 31.2 Å². The summed E-state index contributed by atoms with van der Waals surface area (Å²) in [6.45, 7) is 4.32. The average Bonchev–Trinajstić information content (AvgIpc) is 3.01. The molecule has 0 saturated carbocycles. The maximum Gasteiger partial charge on any atom is 0.273 e. The summed E-state index contributed by atoms with van der Waals surface area (Å²) in [7, 11) is 0. The molecule has 2 atom stereocenters. The van der Waals surface area contributed by atoms with Crippen LogP contribution in [-0.4, -0.2) is 36.7 Å². The lowest BCUT2D eigenvalue weighted by Crippen LogP contribution is -2.43. The summed E-state index contributed by atoms with van der Waals surface area (Å²) in [5, 5.41) is 14.3. The number of hydrogen-bond donors (Lipinski definition) is 1. The lowest BCUT2D eigenvalue weighted by Gasteiger charge is -2.30. The highest BCUT2D eigenvalue weighted by Crippen LogP contribution is 2.37.